The molecule has 25 heavy (non-hydrogen) atoms. The van der Waals surface area contributed by atoms with E-state index < -0.39 is 4.75 Å². The quantitative estimate of drug-likeness (QED) is 0.354. The van der Waals surface area contributed by atoms with Crippen LogP contribution in [-0.2, 0) is 9.53 Å². The van der Waals surface area contributed by atoms with Gasteiger partial charge in [-0.15, -0.1) is 11.3 Å². The minimum Gasteiger partial charge on any atom is -0.465 e. The molecule has 0 aliphatic rings. The summed E-state index contributed by atoms with van der Waals surface area (Å²) >= 11 is 3.07. The fourth-order valence-electron chi connectivity index (χ4n) is 2.41. The number of hydrogen-bond acceptors (Lipinski definition) is 6. The maximum atomic E-state index is 12.2. The topological polar surface area (TPSA) is 52.1 Å². The third-order valence-electron chi connectivity index (χ3n) is 3.65. The molecule has 0 N–H and O–H groups in total. The van der Waals surface area contributed by atoms with Crippen LogP contribution in [0, 0.1) is 6.92 Å². The van der Waals surface area contributed by atoms with Crippen molar-refractivity contribution >= 4 is 39.3 Å². The Kier molecular flexibility index (Phi) is 5.11. The largest absolute Gasteiger partial charge is 0.465 e. The van der Waals surface area contributed by atoms with Crippen molar-refractivity contribution in [2.24, 2.45) is 0 Å². The molecule has 3 rings (SSSR count). The Balaban J connectivity index is 2.03. The number of esters is 1. The van der Waals surface area contributed by atoms with Crippen molar-refractivity contribution in [2.75, 3.05) is 6.61 Å². The summed E-state index contributed by atoms with van der Waals surface area (Å²) in [5.41, 5.74) is 1.16. The monoisotopic (exact) mass is 372 g/mol. The van der Waals surface area contributed by atoms with Gasteiger partial charge in [-0.1, -0.05) is 42.1 Å². The Bertz CT molecular complexity index is 904. The number of nitrogens with zero attached hydrogens (tertiary/aromatic N) is 2. The first-order valence-electron chi connectivity index (χ1n) is 8.10. The number of fused-ring (bicyclic) bond motifs is 1. The highest BCUT2D eigenvalue weighted by atomic mass is 32.2. The zero-order chi connectivity index (χ0) is 18.0. The second-order valence-electron chi connectivity index (χ2n) is 6.10. The number of aromatic nitrogens is 2. The lowest BCUT2D eigenvalue weighted by Gasteiger charge is -2.21. The molecule has 0 saturated carbocycles. The number of benzene rings is 1. The smallest absolute Gasteiger partial charge is 0.322 e. The Labute approximate surface area is 155 Å². The van der Waals surface area contributed by atoms with E-state index in [0.717, 1.165) is 25.7 Å². The van der Waals surface area contributed by atoms with Crippen LogP contribution in [-0.4, -0.2) is 27.3 Å². The number of thioether (sulfide) groups is 1. The van der Waals surface area contributed by atoms with Gasteiger partial charge in [-0.3, -0.25) is 4.79 Å². The Hall–Kier alpha value is -1.92. The van der Waals surface area contributed by atoms with E-state index >= 15 is 0 Å². The van der Waals surface area contributed by atoms with Crippen molar-refractivity contribution in [3.63, 3.8) is 0 Å². The molecule has 2 aromatic heterocycles. The van der Waals surface area contributed by atoms with Crippen LogP contribution in [0.15, 0.2) is 41.4 Å². The van der Waals surface area contributed by atoms with E-state index in [1.54, 1.807) is 11.3 Å². The highest BCUT2D eigenvalue weighted by Crippen LogP contribution is 2.40. The van der Waals surface area contributed by atoms with Gasteiger partial charge in [0.05, 0.1) is 6.61 Å². The normalized spacial score (nSPS) is 11.7. The Morgan fingerprint density at radius 1 is 1.24 bits per heavy atom. The molecule has 1 aromatic carbocycles. The summed E-state index contributed by atoms with van der Waals surface area (Å²) in [6.07, 6.45) is 0. The van der Waals surface area contributed by atoms with Gasteiger partial charge < -0.3 is 4.74 Å². The predicted molar refractivity (Wildman–Crippen MR) is 104 cm³/mol. The molecule has 0 spiro atoms. The first kappa shape index (κ1) is 17.9. The van der Waals surface area contributed by atoms with Gasteiger partial charge in [-0.05, 0) is 39.3 Å². The van der Waals surface area contributed by atoms with E-state index in [4.69, 9.17) is 4.74 Å². The maximum absolute atomic E-state index is 12.2. The minimum atomic E-state index is -0.710. The van der Waals surface area contributed by atoms with E-state index in [-0.39, 0.29) is 5.97 Å². The van der Waals surface area contributed by atoms with Gasteiger partial charge in [0.1, 0.15) is 20.4 Å². The second kappa shape index (κ2) is 7.14. The van der Waals surface area contributed by atoms with Crippen molar-refractivity contribution in [3.05, 3.63) is 42.2 Å². The van der Waals surface area contributed by atoms with Crippen molar-refractivity contribution in [3.8, 4) is 10.4 Å². The summed E-state index contributed by atoms with van der Waals surface area (Å²) in [4.78, 5) is 23.5. The van der Waals surface area contributed by atoms with Crippen LogP contribution >= 0.6 is 23.1 Å². The van der Waals surface area contributed by atoms with Gasteiger partial charge in [0.2, 0.25) is 0 Å². The molecule has 0 fully saturated rings. The van der Waals surface area contributed by atoms with Crippen molar-refractivity contribution in [1.82, 2.24) is 9.97 Å². The lowest BCUT2D eigenvalue weighted by atomic mass is 10.2. The summed E-state index contributed by atoms with van der Waals surface area (Å²) in [6.45, 7) is 7.80. The lowest BCUT2D eigenvalue weighted by Crippen LogP contribution is -2.30. The van der Waals surface area contributed by atoms with Crippen LogP contribution < -0.4 is 0 Å². The molecule has 0 bridgehead atoms. The molecular formula is C19H20N2O2S2. The molecule has 6 heteroatoms. The van der Waals surface area contributed by atoms with Crippen LogP contribution in [0.25, 0.3) is 20.7 Å². The molecule has 0 atom stereocenters. The standard InChI is InChI=1S/C19H20N2O2S2/c1-5-23-18(22)19(3,4)25-17-14-11-15(13-9-7-6-8-10-13)24-16(14)20-12(2)21-17/h6-11H,5H2,1-4H3. The second-order valence-corrected chi connectivity index (χ2v) is 8.75. The summed E-state index contributed by atoms with van der Waals surface area (Å²) < 4.78 is 4.49. The lowest BCUT2D eigenvalue weighted by molar-refractivity contribution is -0.145. The number of carbonyl (C=O) groups is 1. The zero-order valence-electron chi connectivity index (χ0n) is 14.7. The molecule has 0 saturated heterocycles. The molecule has 3 aromatic rings. The van der Waals surface area contributed by atoms with E-state index in [2.05, 4.69) is 28.2 Å². The number of thiophene rings is 1. The van der Waals surface area contributed by atoms with Gasteiger partial charge in [0, 0.05) is 10.3 Å². The molecule has 0 aliphatic carbocycles. The highest BCUT2D eigenvalue weighted by molar-refractivity contribution is 8.01. The van der Waals surface area contributed by atoms with Gasteiger partial charge in [-0.2, -0.15) is 0 Å². The molecule has 0 amide bonds. The first-order valence-corrected chi connectivity index (χ1v) is 9.74. The maximum Gasteiger partial charge on any atom is 0.322 e. The van der Waals surface area contributed by atoms with E-state index in [1.807, 2.05) is 45.9 Å². The van der Waals surface area contributed by atoms with Crippen molar-refractivity contribution in [2.45, 2.75) is 37.5 Å². The number of hydrogen-bond donors (Lipinski definition) is 0. The first-order chi connectivity index (χ1) is 11.9. The Morgan fingerprint density at radius 2 is 1.96 bits per heavy atom. The third-order valence-corrected chi connectivity index (χ3v) is 5.91. The van der Waals surface area contributed by atoms with Crippen LogP contribution in [0.1, 0.15) is 26.6 Å². The van der Waals surface area contributed by atoms with Gasteiger partial charge >= 0.3 is 5.97 Å². The van der Waals surface area contributed by atoms with Crippen LogP contribution in [0.3, 0.4) is 0 Å². The van der Waals surface area contributed by atoms with Crippen LogP contribution in [0.5, 0.6) is 0 Å². The average Bonchev–Trinajstić information content (AvgIpc) is 2.99. The number of aryl methyl sites for hydroxylation is 1. The van der Waals surface area contributed by atoms with Crippen LogP contribution in [0.2, 0.25) is 0 Å². The fraction of sp³-hybridized carbons (Fsp3) is 0.316. The molecule has 2 heterocycles. The van der Waals surface area contributed by atoms with Crippen LogP contribution in [0.4, 0.5) is 0 Å². The molecule has 0 radical (unpaired) electrons. The molecular weight excluding hydrogens is 352 g/mol. The van der Waals surface area contributed by atoms with Crippen molar-refractivity contribution < 1.29 is 9.53 Å². The number of carbonyl (C=O) groups excluding carboxylic acids is 1. The molecule has 0 unspecified atom stereocenters. The third kappa shape index (κ3) is 3.85. The summed E-state index contributed by atoms with van der Waals surface area (Å²) in [6, 6.07) is 12.3. The minimum absolute atomic E-state index is 0.233. The SMILES string of the molecule is CCOC(=O)C(C)(C)Sc1nc(C)nc2sc(-c3ccccc3)cc12. The van der Waals surface area contributed by atoms with Crippen molar-refractivity contribution in [1.29, 1.82) is 0 Å². The van der Waals surface area contributed by atoms with Gasteiger partial charge in [0.25, 0.3) is 0 Å². The average molecular weight is 373 g/mol. The number of ether oxygens (including phenoxy) is 1. The molecule has 4 nitrogen and oxygen atoms in total. The van der Waals surface area contributed by atoms with Gasteiger partial charge in [0.15, 0.2) is 0 Å². The summed E-state index contributed by atoms with van der Waals surface area (Å²) in [5, 5.41) is 1.80. The Morgan fingerprint density at radius 3 is 2.64 bits per heavy atom. The number of rotatable bonds is 5. The van der Waals surface area contributed by atoms with E-state index in [0.29, 0.717) is 12.4 Å². The molecule has 0 aliphatic heterocycles. The fourth-order valence-corrected chi connectivity index (χ4v) is 4.62. The predicted octanol–water partition coefficient (Wildman–Crippen LogP) is 5.10. The molecule has 130 valence electrons. The zero-order valence-corrected chi connectivity index (χ0v) is 16.3. The highest BCUT2D eigenvalue weighted by Gasteiger charge is 2.32. The summed E-state index contributed by atoms with van der Waals surface area (Å²) in [5.74, 6) is 0.471. The van der Waals surface area contributed by atoms with E-state index in [9.17, 15) is 4.79 Å². The van der Waals surface area contributed by atoms with E-state index in [1.165, 1.54) is 11.8 Å². The summed E-state index contributed by atoms with van der Waals surface area (Å²) in [7, 11) is 0. The van der Waals surface area contributed by atoms with Gasteiger partial charge in [-0.25, -0.2) is 9.97 Å².